The van der Waals surface area contributed by atoms with Gasteiger partial charge in [0, 0.05) is 6.42 Å². The summed E-state index contributed by atoms with van der Waals surface area (Å²) in [5.74, 6) is 0. The summed E-state index contributed by atoms with van der Waals surface area (Å²) in [4.78, 5) is 10.5. The van der Waals surface area contributed by atoms with Crippen molar-refractivity contribution in [2.45, 2.75) is 12.8 Å². The number of aldehydes is 1. The van der Waals surface area contributed by atoms with Crippen molar-refractivity contribution in [1.29, 1.82) is 0 Å². The molecule has 0 N–H and O–H groups in total. The van der Waals surface area contributed by atoms with Crippen LogP contribution in [0.2, 0.25) is 0 Å². The maximum Gasteiger partial charge on any atom is 0.120 e. The van der Waals surface area contributed by atoms with Crippen molar-refractivity contribution >= 4 is 24.8 Å². The molecule has 2 aromatic rings. The lowest BCUT2D eigenvalue weighted by Crippen LogP contribution is -2.13. The molecule has 1 nitrogen and oxygen atoms in total. The molecule has 2 rings (SSSR count). The van der Waals surface area contributed by atoms with Gasteiger partial charge >= 0.3 is 0 Å². The molecule has 0 aliphatic heterocycles. The van der Waals surface area contributed by atoms with Crippen molar-refractivity contribution in [3.05, 3.63) is 60.7 Å². The molecule has 0 aromatic heterocycles. The summed E-state index contributed by atoms with van der Waals surface area (Å²) in [5.41, 5.74) is 0. The Morgan fingerprint density at radius 2 is 1.33 bits per heavy atom. The molecule has 0 bridgehead atoms. The molecule has 0 radical (unpaired) electrons. The van der Waals surface area contributed by atoms with Crippen LogP contribution in [0, 0.1) is 0 Å². The molecule has 0 saturated carbocycles. The summed E-state index contributed by atoms with van der Waals surface area (Å²) in [6.07, 6.45) is 3.74. The zero-order valence-electron chi connectivity index (χ0n) is 10.3. The third-order valence-electron chi connectivity index (χ3n) is 2.84. The Bertz CT molecular complexity index is 427. The smallest absolute Gasteiger partial charge is 0.120 e. The summed E-state index contributed by atoms with van der Waals surface area (Å²) in [6, 6.07) is 21.2. The third kappa shape index (κ3) is 3.51. The Morgan fingerprint density at radius 1 is 0.833 bits per heavy atom. The predicted molar refractivity (Wildman–Crippen MR) is 79.2 cm³/mol. The number of benzene rings is 2. The van der Waals surface area contributed by atoms with Crippen LogP contribution in [0.15, 0.2) is 60.7 Å². The van der Waals surface area contributed by atoms with Gasteiger partial charge in [-0.25, -0.2) is 0 Å². The van der Waals surface area contributed by atoms with E-state index in [2.05, 4.69) is 48.5 Å². The number of hydrogen-bond donors (Lipinski definition) is 0. The van der Waals surface area contributed by atoms with E-state index in [4.69, 9.17) is 0 Å². The monoisotopic (exact) mass is 256 g/mol. The van der Waals surface area contributed by atoms with Gasteiger partial charge in [-0.2, -0.15) is 0 Å². The van der Waals surface area contributed by atoms with Gasteiger partial charge in [0.15, 0.2) is 0 Å². The average molecular weight is 256 g/mol. The Kier molecular flexibility index (Phi) is 5.11. The van der Waals surface area contributed by atoms with Gasteiger partial charge < -0.3 is 4.79 Å². The fourth-order valence-electron chi connectivity index (χ4n) is 1.96. The van der Waals surface area contributed by atoms with Gasteiger partial charge in [-0.05, 0) is 31.1 Å². The molecular weight excluding hydrogens is 239 g/mol. The molecule has 0 saturated heterocycles. The molecule has 2 heteroatoms. The highest BCUT2D eigenvalue weighted by molar-refractivity contribution is 7.73. The van der Waals surface area contributed by atoms with Crippen molar-refractivity contribution in [2.75, 3.05) is 6.16 Å². The molecule has 0 atom stereocenters. The number of rotatable bonds is 6. The second kappa shape index (κ2) is 7.08. The van der Waals surface area contributed by atoms with Gasteiger partial charge in [-0.1, -0.05) is 60.7 Å². The van der Waals surface area contributed by atoms with Crippen LogP contribution in [-0.2, 0) is 4.79 Å². The highest BCUT2D eigenvalue weighted by Crippen LogP contribution is 2.34. The Balaban J connectivity index is 2.21. The molecule has 2 aromatic carbocycles. The summed E-state index contributed by atoms with van der Waals surface area (Å²) < 4.78 is 0. The van der Waals surface area contributed by atoms with Crippen LogP contribution >= 0.6 is 7.92 Å². The van der Waals surface area contributed by atoms with E-state index in [1.807, 2.05) is 12.1 Å². The minimum Gasteiger partial charge on any atom is -0.303 e. The van der Waals surface area contributed by atoms with Gasteiger partial charge in [-0.15, -0.1) is 0 Å². The molecule has 0 fully saturated rings. The van der Waals surface area contributed by atoms with Crippen molar-refractivity contribution in [3.63, 3.8) is 0 Å². The molecule has 0 spiro atoms. The highest BCUT2D eigenvalue weighted by Gasteiger charge is 2.12. The van der Waals surface area contributed by atoms with E-state index in [-0.39, 0.29) is 7.92 Å². The van der Waals surface area contributed by atoms with Crippen LogP contribution in [0.3, 0.4) is 0 Å². The van der Waals surface area contributed by atoms with E-state index < -0.39 is 0 Å². The van der Waals surface area contributed by atoms with Gasteiger partial charge in [0.1, 0.15) is 6.29 Å². The quantitative estimate of drug-likeness (QED) is 0.441. The molecule has 18 heavy (non-hydrogen) atoms. The minimum absolute atomic E-state index is 0.321. The standard InChI is InChI=1S/C16H17OP/c17-13-7-8-14-18(15-9-3-1-4-10-15)16-11-5-2-6-12-16/h1-6,9-13H,7-8,14H2. The van der Waals surface area contributed by atoms with E-state index in [0.717, 1.165) is 18.9 Å². The molecule has 0 amide bonds. The highest BCUT2D eigenvalue weighted by atomic mass is 31.1. The molecule has 0 heterocycles. The van der Waals surface area contributed by atoms with Crippen molar-refractivity contribution in [2.24, 2.45) is 0 Å². The molecule has 92 valence electrons. The van der Waals surface area contributed by atoms with Crippen LogP contribution in [-0.4, -0.2) is 12.4 Å². The first-order valence-electron chi connectivity index (χ1n) is 6.23. The molecule has 0 unspecified atom stereocenters. The number of unbranched alkanes of at least 4 members (excludes halogenated alkanes) is 1. The van der Waals surface area contributed by atoms with Crippen molar-refractivity contribution < 1.29 is 4.79 Å². The first-order valence-corrected chi connectivity index (χ1v) is 7.76. The fraction of sp³-hybridized carbons (Fsp3) is 0.188. The van der Waals surface area contributed by atoms with Gasteiger partial charge in [-0.3, -0.25) is 0 Å². The average Bonchev–Trinajstić information content (AvgIpc) is 2.46. The predicted octanol–water partition coefficient (Wildman–Crippen LogP) is 3.10. The SMILES string of the molecule is O=CCCCP(c1ccccc1)c1ccccc1. The Labute approximate surface area is 110 Å². The minimum atomic E-state index is -0.321. The lowest BCUT2D eigenvalue weighted by Gasteiger charge is -2.18. The largest absolute Gasteiger partial charge is 0.303 e. The van der Waals surface area contributed by atoms with Crippen LogP contribution in [0.25, 0.3) is 0 Å². The maximum absolute atomic E-state index is 10.5. The zero-order chi connectivity index (χ0) is 12.6. The second-order valence-electron chi connectivity index (χ2n) is 4.13. The fourth-order valence-corrected chi connectivity index (χ4v) is 4.33. The number of carbonyl (C=O) groups is 1. The van der Waals surface area contributed by atoms with Gasteiger partial charge in [0.2, 0.25) is 0 Å². The van der Waals surface area contributed by atoms with E-state index in [1.54, 1.807) is 0 Å². The van der Waals surface area contributed by atoms with E-state index in [9.17, 15) is 4.79 Å². The second-order valence-corrected chi connectivity index (χ2v) is 6.47. The normalized spacial score (nSPS) is 10.5. The first-order chi connectivity index (χ1) is 8.92. The molecule has 0 aliphatic rings. The maximum atomic E-state index is 10.5. The number of carbonyl (C=O) groups excluding carboxylic acids is 1. The van der Waals surface area contributed by atoms with E-state index in [0.29, 0.717) is 6.42 Å². The van der Waals surface area contributed by atoms with Crippen LogP contribution in [0.1, 0.15) is 12.8 Å². The molecular formula is C16H17OP. The van der Waals surface area contributed by atoms with Crippen molar-refractivity contribution in [1.82, 2.24) is 0 Å². The Morgan fingerprint density at radius 3 is 1.78 bits per heavy atom. The zero-order valence-corrected chi connectivity index (χ0v) is 11.2. The van der Waals surface area contributed by atoms with E-state index >= 15 is 0 Å². The first kappa shape index (κ1) is 13.0. The van der Waals surface area contributed by atoms with Crippen LogP contribution < -0.4 is 10.6 Å². The third-order valence-corrected chi connectivity index (χ3v) is 5.45. The lowest BCUT2D eigenvalue weighted by atomic mass is 10.4. The van der Waals surface area contributed by atoms with Crippen molar-refractivity contribution in [3.8, 4) is 0 Å². The van der Waals surface area contributed by atoms with Gasteiger partial charge in [0.25, 0.3) is 0 Å². The van der Waals surface area contributed by atoms with Gasteiger partial charge in [0.05, 0.1) is 0 Å². The topological polar surface area (TPSA) is 17.1 Å². The summed E-state index contributed by atoms with van der Waals surface area (Å²) in [7, 11) is -0.321. The summed E-state index contributed by atoms with van der Waals surface area (Å²) >= 11 is 0. The lowest BCUT2D eigenvalue weighted by molar-refractivity contribution is -0.107. The van der Waals surface area contributed by atoms with Crippen LogP contribution in [0.4, 0.5) is 0 Å². The summed E-state index contributed by atoms with van der Waals surface area (Å²) in [6.45, 7) is 0. The molecule has 0 aliphatic carbocycles. The van der Waals surface area contributed by atoms with Crippen LogP contribution in [0.5, 0.6) is 0 Å². The Hall–Kier alpha value is -1.46. The summed E-state index contributed by atoms with van der Waals surface area (Å²) in [5, 5.41) is 2.79. The number of hydrogen-bond acceptors (Lipinski definition) is 1. The van der Waals surface area contributed by atoms with E-state index in [1.165, 1.54) is 10.6 Å².